The maximum Gasteiger partial charge on any atom is 0.375 e. The highest BCUT2D eigenvalue weighted by molar-refractivity contribution is 5.97. The molecule has 1 unspecified atom stereocenters. The van der Waals surface area contributed by atoms with Crippen LogP contribution in [0.1, 0.15) is 28.8 Å². The number of rotatable bonds is 8. The Morgan fingerprint density at radius 2 is 1.84 bits per heavy atom. The number of hydrogen-bond acceptors (Lipinski definition) is 6. The van der Waals surface area contributed by atoms with Crippen LogP contribution in [-0.4, -0.2) is 25.1 Å². The standard InChI is InChI=1S/C23H22FNO6/c1-14-4-10-20(28-3)19(12-14)25-22(26)15(2)30-23(27)21-11-9-18(31-21)13-29-17-7-5-16(24)6-8-17/h4-12,15H,13H2,1-3H3,(H,25,26). The molecule has 0 radical (unpaired) electrons. The van der Waals surface area contributed by atoms with E-state index in [1.165, 1.54) is 44.4 Å². The van der Waals surface area contributed by atoms with Crippen molar-refractivity contribution in [2.24, 2.45) is 0 Å². The van der Waals surface area contributed by atoms with Crippen molar-refractivity contribution in [1.29, 1.82) is 0 Å². The number of anilines is 1. The van der Waals surface area contributed by atoms with Gasteiger partial charge in [-0.25, -0.2) is 9.18 Å². The molecule has 0 fully saturated rings. The Kier molecular flexibility index (Phi) is 6.92. The van der Waals surface area contributed by atoms with E-state index in [-0.39, 0.29) is 18.2 Å². The van der Waals surface area contributed by atoms with Crippen LogP contribution in [0, 0.1) is 12.7 Å². The van der Waals surface area contributed by atoms with Gasteiger partial charge >= 0.3 is 5.97 Å². The van der Waals surface area contributed by atoms with Gasteiger partial charge in [-0.15, -0.1) is 0 Å². The summed E-state index contributed by atoms with van der Waals surface area (Å²) in [5.41, 5.74) is 1.42. The van der Waals surface area contributed by atoms with Crippen LogP contribution >= 0.6 is 0 Å². The lowest BCUT2D eigenvalue weighted by Crippen LogP contribution is -2.30. The van der Waals surface area contributed by atoms with E-state index in [4.69, 9.17) is 18.6 Å². The summed E-state index contributed by atoms with van der Waals surface area (Å²) in [6, 6.07) is 13.9. The highest BCUT2D eigenvalue weighted by atomic mass is 19.1. The van der Waals surface area contributed by atoms with Gasteiger partial charge in [-0.1, -0.05) is 6.07 Å². The van der Waals surface area contributed by atoms with Gasteiger partial charge in [-0.05, 0) is 67.9 Å². The van der Waals surface area contributed by atoms with Gasteiger partial charge in [0.05, 0.1) is 12.8 Å². The van der Waals surface area contributed by atoms with Crippen LogP contribution in [0.2, 0.25) is 0 Å². The van der Waals surface area contributed by atoms with Gasteiger partial charge in [-0.3, -0.25) is 4.79 Å². The summed E-state index contributed by atoms with van der Waals surface area (Å²) in [4.78, 5) is 24.7. The van der Waals surface area contributed by atoms with Crippen LogP contribution in [0.3, 0.4) is 0 Å². The van der Waals surface area contributed by atoms with E-state index in [1.54, 1.807) is 18.2 Å². The number of amides is 1. The third kappa shape index (κ3) is 5.85. The Morgan fingerprint density at radius 1 is 1.10 bits per heavy atom. The number of ether oxygens (including phenoxy) is 3. The van der Waals surface area contributed by atoms with Gasteiger partial charge in [0.15, 0.2) is 6.10 Å². The minimum absolute atomic E-state index is 0.0438. The molecule has 0 aliphatic rings. The molecule has 0 spiro atoms. The summed E-state index contributed by atoms with van der Waals surface area (Å²) < 4.78 is 34.2. The van der Waals surface area contributed by atoms with Crippen molar-refractivity contribution < 1.29 is 32.6 Å². The van der Waals surface area contributed by atoms with E-state index in [1.807, 2.05) is 13.0 Å². The van der Waals surface area contributed by atoms with Crippen molar-refractivity contribution in [2.45, 2.75) is 26.6 Å². The highest BCUT2D eigenvalue weighted by Gasteiger charge is 2.22. The lowest BCUT2D eigenvalue weighted by Gasteiger charge is -2.15. The summed E-state index contributed by atoms with van der Waals surface area (Å²) >= 11 is 0. The number of aryl methyl sites for hydroxylation is 1. The lowest BCUT2D eigenvalue weighted by atomic mass is 10.2. The second-order valence-corrected chi connectivity index (χ2v) is 6.75. The van der Waals surface area contributed by atoms with Crippen LogP contribution in [0.5, 0.6) is 11.5 Å². The average molecular weight is 427 g/mol. The van der Waals surface area contributed by atoms with E-state index in [0.29, 0.717) is 22.9 Å². The Bertz CT molecular complexity index is 1060. The van der Waals surface area contributed by atoms with Gasteiger partial charge in [0, 0.05) is 0 Å². The van der Waals surface area contributed by atoms with Crippen LogP contribution in [-0.2, 0) is 16.1 Å². The zero-order valence-electron chi connectivity index (χ0n) is 17.3. The monoisotopic (exact) mass is 427 g/mol. The van der Waals surface area contributed by atoms with Crippen molar-refractivity contribution in [3.8, 4) is 11.5 Å². The maximum absolute atomic E-state index is 12.9. The summed E-state index contributed by atoms with van der Waals surface area (Å²) in [6.07, 6.45) is -1.07. The summed E-state index contributed by atoms with van der Waals surface area (Å²) in [5.74, 6) is -0.401. The Morgan fingerprint density at radius 3 is 2.55 bits per heavy atom. The summed E-state index contributed by atoms with van der Waals surface area (Å²) in [7, 11) is 1.50. The molecule has 0 saturated heterocycles. The van der Waals surface area contributed by atoms with Gasteiger partial charge in [0.25, 0.3) is 5.91 Å². The molecule has 1 atom stereocenters. The van der Waals surface area contributed by atoms with Gasteiger partial charge in [0.2, 0.25) is 5.76 Å². The molecule has 0 saturated carbocycles. The topological polar surface area (TPSA) is 87.0 Å². The number of carbonyl (C=O) groups excluding carboxylic acids is 2. The molecule has 1 amide bonds. The van der Waals surface area contributed by atoms with E-state index in [0.717, 1.165) is 5.56 Å². The molecule has 0 bridgehead atoms. The maximum atomic E-state index is 12.9. The first-order chi connectivity index (χ1) is 14.9. The van der Waals surface area contributed by atoms with Crippen LogP contribution < -0.4 is 14.8 Å². The van der Waals surface area contributed by atoms with Crippen molar-refractivity contribution in [1.82, 2.24) is 0 Å². The summed E-state index contributed by atoms with van der Waals surface area (Å²) in [5, 5.41) is 2.69. The van der Waals surface area contributed by atoms with Crippen LogP contribution in [0.4, 0.5) is 10.1 Å². The molecule has 31 heavy (non-hydrogen) atoms. The number of hydrogen-bond donors (Lipinski definition) is 1. The van der Waals surface area contributed by atoms with E-state index < -0.39 is 18.0 Å². The largest absolute Gasteiger partial charge is 0.495 e. The molecule has 1 aromatic heterocycles. The van der Waals surface area contributed by atoms with E-state index in [9.17, 15) is 14.0 Å². The Labute approximate surface area is 178 Å². The van der Waals surface area contributed by atoms with E-state index >= 15 is 0 Å². The van der Waals surface area contributed by atoms with Gasteiger partial charge in [0.1, 0.15) is 29.7 Å². The zero-order valence-corrected chi connectivity index (χ0v) is 17.3. The molecule has 8 heteroatoms. The molecule has 0 aliphatic carbocycles. The zero-order chi connectivity index (χ0) is 22.4. The fourth-order valence-electron chi connectivity index (χ4n) is 2.68. The average Bonchev–Trinajstić information content (AvgIpc) is 3.23. The fraction of sp³-hybridized carbons (Fsp3) is 0.217. The van der Waals surface area contributed by atoms with E-state index in [2.05, 4.69) is 5.32 Å². The van der Waals surface area contributed by atoms with Gasteiger partial charge < -0.3 is 23.9 Å². The fourth-order valence-corrected chi connectivity index (χ4v) is 2.68. The predicted octanol–water partition coefficient (Wildman–Crippen LogP) is 4.50. The first-order valence-corrected chi connectivity index (χ1v) is 9.49. The number of methoxy groups -OCH3 is 1. The Hall–Kier alpha value is -3.81. The number of furan rings is 1. The third-order valence-electron chi connectivity index (χ3n) is 4.32. The van der Waals surface area contributed by atoms with Crippen LogP contribution in [0.15, 0.2) is 59.0 Å². The number of benzene rings is 2. The minimum Gasteiger partial charge on any atom is -0.495 e. The Balaban J connectivity index is 1.55. The molecule has 1 heterocycles. The van der Waals surface area contributed by atoms with Crippen molar-refractivity contribution >= 4 is 17.6 Å². The SMILES string of the molecule is COc1ccc(C)cc1NC(=O)C(C)OC(=O)c1ccc(COc2ccc(F)cc2)o1. The minimum atomic E-state index is -1.07. The van der Waals surface area contributed by atoms with Crippen molar-refractivity contribution in [3.05, 3.63) is 77.5 Å². The van der Waals surface area contributed by atoms with Crippen molar-refractivity contribution in [3.63, 3.8) is 0 Å². The number of nitrogens with one attached hydrogen (secondary N) is 1. The molecule has 0 aliphatic heterocycles. The number of carbonyl (C=O) groups is 2. The molecule has 1 N–H and O–H groups in total. The normalized spacial score (nSPS) is 11.5. The molecule has 162 valence electrons. The quantitative estimate of drug-likeness (QED) is 0.533. The smallest absolute Gasteiger partial charge is 0.375 e. The number of halogens is 1. The summed E-state index contributed by atoms with van der Waals surface area (Å²) in [6.45, 7) is 3.38. The molecule has 2 aromatic carbocycles. The third-order valence-corrected chi connectivity index (χ3v) is 4.32. The lowest BCUT2D eigenvalue weighted by molar-refractivity contribution is -0.123. The second-order valence-electron chi connectivity index (χ2n) is 6.75. The first-order valence-electron chi connectivity index (χ1n) is 9.49. The second kappa shape index (κ2) is 9.80. The number of esters is 1. The molecular weight excluding hydrogens is 405 g/mol. The van der Waals surface area contributed by atoms with Crippen LogP contribution in [0.25, 0.3) is 0 Å². The molecule has 3 aromatic rings. The first kappa shape index (κ1) is 21.9. The molecular formula is C23H22FNO6. The van der Waals surface area contributed by atoms with Gasteiger partial charge in [-0.2, -0.15) is 0 Å². The van der Waals surface area contributed by atoms with Crippen molar-refractivity contribution in [2.75, 3.05) is 12.4 Å². The predicted molar refractivity (Wildman–Crippen MR) is 111 cm³/mol. The highest BCUT2D eigenvalue weighted by Crippen LogP contribution is 2.25. The molecule has 7 nitrogen and oxygen atoms in total. The molecule has 3 rings (SSSR count).